The van der Waals surface area contributed by atoms with Gasteiger partial charge >= 0.3 is 0 Å². The number of carbonyl (C=O) groups is 1. The number of hydrogen-bond acceptors (Lipinski definition) is 5. The SMILES string of the molecule is Cc1ccc(C(C)C)c(OCC(=O)NN=Cc2ccc(Br)c([N+](=O)[O-])c2)c1. The lowest BCUT2D eigenvalue weighted by atomic mass is 10.0. The number of amides is 1. The van der Waals surface area contributed by atoms with Crippen molar-refractivity contribution in [2.24, 2.45) is 5.10 Å². The van der Waals surface area contributed by atoms with Gasteiger partial charge < -0.3 is 4.74 Å². The normalized spacial score (nSPS) is 11.0. The lowest BCUT2D eigenvalue weighted by Crippen LogP contribution is -2.25. The number of benzene rings is 2. The summed E-state index contributed by atoms with van der Waals surface area (Å²) in [6.07, 6.45) is 1.34. The average Bonchev–Trinajstić information content (AvgIpc) is 2.61. The van der Waals surface area contributed by atoms with Gasteiger partial charge in [0.15, 0.2) is 6.61 Å². The van der Waals surface area contributed by atoms with E-state index in [1.54, 1.807) is 12.1 Å². The Hall–Kier alpha value is -2.74. The van der Waals surface area contributed by atoms with E-state index >= 15 is 0 Å². The molecule has 142 valence electrons. The molecule has 0 aliphatic carbocycles. The summed E-state index contributed by atoms with van der Waals surface area (Å²) in [5.41, 5.74) is 4.84. The maximum atomic E-state index is 11.9. The number of nitro groups is 1. The second-order valence-electron chi connectivity index (χ2n) is 6.25. The molecular formula is C19H20BrN3O4. The van der Waals surface area contributed by atoms with Crippen LogP contribution in [-0.4, -0.2) is 23.7 Å². The van der Waals surface area contributed by atoms with Crippen LogP contribution >= 0.6 is 15.9 Å². The number of carbonyl (C=O) groups excluding carboxylic acids is 1. The summed E-state index contributed by atoms with van der Waals surface area (Å²) in [6.45, 7) is 5.89. The van der Waals surface area contributed by atoms with Crippen LogP contribution in [0.3, 0.4) is 0 Å². The highest BCUT2D eigenvalue weighted by molar-refractivity contribution is 9.10. The van der Waals surface area contributed by atoms with Crippen molar-refractivity contribution >= 4 is 33.7 Å². The number of nitrogens with zero attached hydrogens (tertiary/aromatic N) is 2. The minimum absolute atomic E-state index is 0.0747. The highest BCUT2D eigenvalue weighted by atomic mass is 79.9. The molecule has 0 aliphatic heterocycles. The summed E-state index contributed by atoms with van der Waals surface area (Å²) in [6, 6.07) is 10.4. The van der Waals surface area contributed by atoms with Gasteiger partial charge in [0.05, 0.1) is 15.6 Å². The number of halogens is 1. The van der Waals surface area contributed by atoms with Crippen molar-refractivity contribution in [3.05, 3.63) is 67.7 Å². The maximum Gasteiger partial charge on any atom is 0.284 e. The van der Waals surface area contributed by atoms with Crippen molar-refractivity contribution in [1.29, 1.82) is 0 Å². The molecule has 8 heteroatoms. The van der Waals surface area contributed by atoms with E-state index in [-0.39, 0.29) is 18.2 Å². The highest BCUT2D eigenvalue weighted by Crippen LogP contribution is 2.27. The molecule has 0 fully saturated rings. The monoisotopic (exact) mass is 433 g/mol. The van der Waals surface area contributed by atoms with Crippen LogP contribution in [0, 0.1) is 17.0 Å². The number of hydrazone groups is 1. The Kier molecular flexibility index (Phi) is 7.06. The Labute approximate surface area is 165 Å². The first-order chi connectivity index (χ1) is 12.8. The molecule has 2 aromatic rings. The van der Waals surface area contributed by atoms with Crippen molar-refractivity contribution in [3.8, 4) is 5.75 Å². The third kappa shape index (κ3) is 5.89. The van der Waals surface area contributed by atoms with Crippen molar-refractivity contribution < 1.29 is 14.5 Å². The first kappa shape index (κ1) is 20.6. The van der Waals surface area contributed by atoms with Crippen LogP contribution in [0.4, 0.5) is 5.69 Å². The average molecular weight is 434 g/mol. The Morgan fingerprint density at radius 3 is 2.74 bits per heavy atom. The Bertz CT molecular complexity index is 881. The quantitative estimate of drug-likeness (QED) is 0.399. The van der Waals surface area contributed by atoms with Gasteiger partial charge in [-0.2, -0.15) is 5.10 Å². The van der Waals surface area contributed by atoms with Crippen LogP contribution < -0.4 is 10.2 Å². The standard InChI is InChI=1S/C19H20BrN3O4/c1-12(2)15-6-4-13(3)8-18(15)27-11-19(24)22-21-10-14-5-7-16(20)17(9-14)23(25)26/h4-10,12H,11H2,1-3H3,(H,22,24). The lowest BCUT2D eigenvalue weighted by molar-refractivity contribution is -0.385. The van der Waals surface area contributed by atoms with Gasteiger partial charge in [-0.25, -0.2) is 5.43 Å². The van der Waals surface area contributed by atoms with E-state index in [1.807, 2.05) is 25.1 Å². The molecule has 0 saturated heterocycles. The zero-order valence-electron chi connectivity index (χ0n) is 15.2. The molecule has 0 aliphatic rings. The predicted octanol–water partition coefficient (Wildman–Crippen LogP) is 4.32. The fourth-order valence-corrected chi connectivity index (χ4v) is 2.74. The first-order valence-corrected chi connectivity index (χ1v) is 9.06. The van der Waals surface area contributed by atoms with Crippen LogP contribution in [0.1, 0.15) is 36.5 Å². The molecule has 1 amide bonds. The van der Waals surface area contributed by atoms with Gasteiger partial charge in [-0.1, -0.05) is 32.0 Å². The van der Waals surface area contributed by atoms with Crippen LogP contribution in [0.25, 0.3) is 0 Å². The Morgan fingerprint density at radius 1 is 1.33 bits per heavy atom. The van der Waals surface area contributed by atoms with E-state index in [1.165, 1.54) is 12.3 Å². The van der Waals surface area contributed by atoms with Gasteiger partial charge in [-0.3, -0.25) is 14.9 Å². The number of aryl methyl sites for hydroxylation is 1. The maximum absolute atomic E-state index is 11.9. The summed E-state index contributed by atoms with van der Waals surface area (Å²) in [4.78, 5) is 22.4. The second-order valence-corrected chi connectivity index (χ2v) is 7.10. The number of ether oxygens (including phenoxy) is 1. The van der Waals surface area contributed by atoms with Crippen molar-refractivity contribution in [2.45, 2.75) is 26.7 Å². The predicted molar refractivity (Wildman–Crippen MR) is 107 cm³/mol. The Morgan fingerprint density at radius 2 is 2.07 bits per heavy atom. The fourth-order valence-electron chi connectivity index (χ4n) is 2.35. The molecule has 0 unspecified atom stereocenters. The molecule has 0 heterocycles. The number of hydrogen-bond donors (Lipinski definition) is 1. The van der Waals surface area contributed by atoms with Gasteiger partial charge in [0.25, 0.3) is 11.6 Å². The van der Waals surface area contributed by atoms with E-state index in [9.17, 15) is 14.9 Å². The molecule has 0 bridgehead atoms. The van der Waals surface area contributed by atoms with Gasteiger partial charge in [-0.15, -0.1) is 0 Å². The van der Waals surface area contributed by atoms with Crippen molar-refractivity contribution in [1.82, 2.24) is 5.43 Å². The summed E-state index contributed by atoms with van der Waals surface area (Å²) in [7, 11) is 0. The second kappa shape index (κ2) is 9.27. The van der Waals surface area contributed by atoms with Gasteiger partial charge in [-0.05, 0) is 52.0 Å². The molecule has 0 saturated carbocycles. The smallest absolute Gasteiger partial charge is 0.284 e. The third-order valence-electron chi connectivity index (χ3n) is 3.72. The van der Waals surface area contributed by atoms with Crippen LogP contribution in [-0.2, 0) is 4.79 Å². The number of rotatable bonds is 7. The van der Waals surface area contributed by atoms with Gasteiger partial charge in [0.2, 0.25) is 0 Å². The van der Waals surface area contributed by atoms with Crippen molar-refractivity contribution in [2.75, 3.05) is 6.61 Å². The molecule has 0 radical (unpaired) electrons. The first-order valence-electron chi connectivity index (χ1n) is 8.27. The summed E-state index contributed by atoms with van der Waals surface area (Å²) < 4.78 is 6.00. The lowest BCUT2D eigenvalue weighted by Gasteiger charge is -2.14. The van der Waals surface area contributed by atoms with Crippen LogP contribution in [0.2, 0.25) is 0 Å². The van der Waals surface area contributed by atoms with E-state index in [4.69, 9.17) is 4.74 Å². The molecule has 1 N–H and O–H groups in total. The molecule has 0 atom stereocenters. The minimum atomic E-state index is -0.498. The van der Waals surface area contributed by atoms with Crippen LogP contribution in [0.15, 0.2) is 46.0 Å². The van der Waals surface area contributed by atoms with Gasteiger partial charge in [0.1, 0.15) is 5.75 Å². The van der Waals surface area contributed by atoms with E-state index < -0.39 is 10.8 Å². The molecular weight excluding hydrogens is 414 g/mol. The van der Waals surface area contributed by atoms with E-state index in [0.717, 1.165) is 11.1 Å². The molecule has 2 aromatic carbocycles. The summed E-state index contributed by atoms with van der Waals surface area (Å²) in [5, 5.41) is 14.7. The van der Waals surface area contributed by atoms with Gasteiger partial charge in [0, 0.05) is 11.6 Å². The molecule has 7 nitrogen and oxygen atoms in total. The van der Waals surface area contributed by atoms with Crippen LogP contribution in [0.5, 0.6) is 5.75 Å². The Balaban J connectivity index is 1.96. The molecule has 27 heavy (non-hydrogen) atoms. The zero-order valence-corrected chi connectivity index (χ0v) is 16.8. The molecule has 0 aromatic heterocycles. The van der Waals surface area contributed by atoms with Crippen molar-refractivity contribution in [3.63, 3.8) is 0 Å². The highest BCUT2D eigenvalue weighted by Gasteiger charge is 2.12. The zero-order chi connectivity index (χ0) is 20.0. The molecule has 2 rings (SSSR count). The van der Waals surface area contributed by atoms with E-state index in [2.05, 4.69) is 40.3 Å². The third-order valence-corrected chi connectivity index (χ3v) is 4.39. The largest absolute Gasteiger partial charge is 0.483 e. The minimum Gasteiger partial charge on any atom is -0.483 e. The fraction of sp³-hybridized carbons (Fsp3) is 0.263. The summed E-state index contributed by atoms with van der Waals surface area (Å²) in [5.74, 6) is 0.525. The molecule has 0 spiro atoms. The number of nitrogens with one attached hydrogen (secondary N) is 1. The summed E-state index contributed by atoms with van der Waals surface area (Å²) >= 11 is 3.11. The van der Waals surface area contributed by atoms with E-state index in [0.29, 0.717) is 15.8 Å². The number of nitro benzene ring substituents is 1. The topological polar surface area (TPSA) is 93.8 Å².